The lowest BCUT2D eigenvalue weighted by Crippen LogP contribution is -2.21. The Labute approximate surface area is 137 Å². The van der Waals surface area contributed by atoms with E-state index in [2.05, 4.69) is 24.8 Å². The number of hydrogen-bond acceptors (Lipinski definition) is 1. The van der Waals surface area contributed by atoms with Crippen molar-refractivity contribution in [3.8, 4) is 0 Å². The summed E-state index contributed by atoms with van der Waals surface area (Å²) in [6, 6.07) is 0. The smallest absolute Gasteiger partial charge is 0.0232 e. The van der Waals surface area contributed by atoms with Crippen molar-refractivity contribution in [1.29, 1.82) is 0 Å². The lowest BCUT2D eigenvalue weighted by molar-refractivity contribution is 0.549. The van der Waals surface area contributed by atoms with Crippen LogP contribution in [0.3, 0.4) is 0 Å². The molecule has 0 amide bonds. The van der Waals surface area contributed by atoms with Gasteiger partial charge in [-0.25, -0.2) is 0 Å². The highest BCUT2D eigenvalue weighted by molar-refractivity contribution is 8.00. The number of hydrogen-bond donors (Lipinski definition) is 0. The average molecular weight is 309 g/mol. The number of fused-ring (bicyclic) bond motifs is 2. The van der Waals surface area contributed by atoms with Crippen LogP contribution in [0.5, 0.6) is 0 Å². The second-order valence-electron chi connectivity index (χ2n) is 7.19. The number of thioether (sulfide) groups is 1. The molecule has 2 aliphatic heterocycles. The standard InChI is InChI=1S/C20H36S/c1-2-3-4-5-6-7-8-9-10-11-13-18-16-19-14-12-15-20(17-18)21-19/h16,19-20H,2-15,17H2,1H3. The molecule has 1 fully saturated rings. The van der Waals surface area contributed by atoms with Crippen LogP contribution in [0.2, 0.25) is 0 Å². The van der Waals surface area contributed by atoms with Gasteiger partial charge in [0.2, 0.25) is 0 Å². The molecule has 122 valence electrons. The van der Waals surface area contributed by atoms with Crippen molar-refractivity contribution < 1.29 is 0 Å². The predicted molar refractivity (Wildman–Crippen MR) is 98.2 cm³/mol. The minimum absolute atomic E-state index is 0.885. The molecule has 0 nitrogen and oxygen atoms in total. The summed E-state index contributed by atoms with van der Waals surface area (Å²) in [5, 5.41) is 1.86. The molecule has 0 radical (unpaired) electrons. The van der Waals surface area contributed by atoms with Crippen LogP contribution in [-0.2, 0) is 0 Å². The maximum absolute atomic E-state index is 2.63. The van der Waals surface area contributed by atoms with Gasteiger partial charge in [0.05, 0.1) is 0 Å². The Kier molecular flexibility index (Phi) is 8.93. The quantitative estimate of drug-likeness (QED) is 0.285. The summed E-state index contributed by atoms with van der Waals surface area (Å²) in [5.41, 5.74) is 1.81. The van der Waals surface area contributed by atoms with E-state index in [9.17, 15) is 0 Å². The van der Waals surface area contributed by atoms with Crippen LogP contribution in [0.1, 0.15) is 103 Å². The molecule has 1 saturated heterocycles. The van der Waals surface area contributed by atoms with Gasteiger partial charge in [-0.1, -0.05) is 82.8 Å². The Morgan fingerprint density at radius 1 is 0.905 bits per heavy atom. The molecule has 2 unspecified atom stereocenters. The fourth-order valence-electron chi connectivity index (χ4n) is 3.85. The molecule has 1 heteroatoms. The van der Waals surface area contributed by atoms with Crippen molar-refractivity contribution in [2.24, 2.45) is 0 Å². The molecule has 0 aliphatic carbocycles. The normalized spacial score (nSPS) is 24.9. The third-order valence-electron chi connectivity index (χ3n) is 5.14. The van der Waals surface area contributed by atoms with Crippen molar-refractivity contribution in [3.63, 3.8) is 0 Å². The summed E-state index contributed by atoms with van der Waals surface area (Å²) >= 11 is 2.26. The van der Waals surface area contributed by atoms with E-state index in [1.165, 1.54) is 96.3 Å². The van der Waals surface area contributed by atoms with Gasteiger partial charge < -0.3 is 0 Å². The number of allylic oxidation sites excluding steroid dienone is 1. The summed E-state index contributed by atoms with van der Waals surface area (Å²) in [6.07, 6.45) is 24.4. The molecule has 0 N–H and O–H groups in total. The number of unbranched alkanes of at least 4 members (excludes halogenated alkanes) is 9. The molecular formula is C20H36S. The van der Waals surface area contributed by atoms with Crippen LogP contribution in [0.4, 0.5) is 0 Å². The molecule has 21 heavy (non-hydrogen) atoms. The van der Waals surface area contributed by atoms with E-state index in [0.717, 1.165) is 10.5 Å². The minimum Gasteiger partial charge on any atom is -0.151 e. The first-order chi connectivity index (χ1) is 10.4. The Balaban J connectivity index is 1.42. The maximum Gasteiger partial charge on any atom is 0.0232 e. The largest absolute Gasteiger partial charge is 0.151 e. The first kappa shape index (κ1) is 17.4. The Morgan fingerprint density at radius 3 is 2.24 bits per heavy atom. The summed E-state index contributed by atoms with van der Waals surface area (Å²) in [4.78, 5) is 0. The molecular weight excluding hydrogens is 272 g/mol. The fourth-order valence-corrected chi connectivity index (χ4v) is 5.53. The monoisotopic (exact) mass is 308 g/mol. The zero-order valence-electron chi connectivity index (χ0n) is 14.2. The molecule has 0 aromatic carbocycles. The zero-order chi connectivity index (χ0) is 14.8. The molecule has 0 aromatic rings. The summed E-state index contributed by atoms with van der Waals surface area (Å²) in [6.45, 7) is 2.30. The van der Waals surface area contributed by atoms with Gasteiger partial charge in [0.25, 0.3) is 0 Å². The van der Waals surface area contributed by atoms with Gasteiger partial charge in [0, 0.05) is 10.5 Å². The molecule has 2 aliphatic rings. The van der Waals surface area contributed by atoms with E-state index in [1.54, 1.807) is 0 Å². The van der Waals surface area contributed by atoms with Crippen LogP contribution >= 0.6 is 11.8 Å². The second-order valence-corrected chi connectivity index (χ2v) is 8.73. The van der Waals surface area contributed by atoms with E-state index in [4.69, 9.17) is 0 Å². The Bertz CT molecular complexity index is 294. The van der Waals surface area contributed by atoms with Crippen molar-refractivity contribution in [2.75, 3.05) is 0 Å². The molecule has 2 rings (SSSR count). The summed E-state index contributed by atoms with van der Waals surface area (Å²) in [5.74, 6) is 0. The topological polar surface area (TPSA) is 0 Å². The third-order valence-corrected chi connectivity index (χ3v) is 6.65. The van der Waals surface area contributed by atoms with Crippen LogP contribution in [0.15, 0.2) is 11.6 Å². The van der Waals surface area contributed by atoms with Gasteiger partial charge >= 0.3 is 0 Å². The van der Waals surface area contributed by atoms with E-state index < -0.39 is 0 Å². The van der Waals surface area contributed by atoms with E-state index >= 15 is 0 Å². The van der Waals surface area contributed by atoms with Gasteiger partial charge in [0.15, 0.2) is 0 Å². The summed E-state index contributed by atoms with van der Waals surface area (Å²) < 4.78 is 0. The molecule has 2 heterocycles. The van der Waals surface area contributed by atoms with E-state index in [0.29, 0.717) is 0 Å². The third kappa shape index (κ3) is 7.26. The predicted octanol–water partition coefficient (Wildman–Crippen LogP) is 7.28. The van der Waals surface area contributed by atoms with Crippen molar-refractivity contribution in [2.45, 2.75) is 114 Å². The first-order valence-electron chi connectivity index (χ1n) is 9.73. The highest BCUT2D eigenvalue weighted by Gasteiger charge is 2.26. The van der Waals surface area contributed by atoms with Gasteiger partial charge in [-0.2, -0.15) is 11.8 Å². The first-order valence-corrected chi connectivity index (χ1v) is 10.7. The maximum atomic E-state index is 2.63. The highest BCUT2D eigenvalue weighted by atomic mass is 32.2. The van der Waals surface area contributed by atoms with E-state index in [-0.39, 0.29) is 0 Å². The van der Waals surface area contributed by atoms with Gasteiger partial charge in [-0.05, 0) is 32.1 Å². The Morgan fingerprint density at radius 2 is 1.57 bits per heavy atom. The summed E-state index contributed by atoms with van der Waals surface area (Å²) in [7, 11) is 0. The lowest BCUT2D eigenvalue weighted by Gasteiger charge is -2.33. The van der Waals surface area contributed by atoms with Gasteiger partial charge in [-0.15, -0.1) is 0 Å². The minimum atomic E-state index is 0.885. The van der Waals surface area contributed by atoms with Crippen LogP contribution in [0.25, 0.3) is 0 Å². The van der Waals surface area contributed by atoms with Crippen LogP contribution < -0.4 is 0 Å². The van der Waals surface area contributed by atoms with Crippen molar-refractivity contribution in [3.05, 3.63) is 11.6 Å². The molecule has 2 bridgehead atoms. The molecule has 0 spiro atoms. The zero-order valence-corrected chi connectivity index (χ0v) is 15.1. The van der Waals surface area contributed by atoms with Crippen molar-refractivity contribution in [1.82, 2.24) is 0 Å². The highest BCUT2D eigenvalue weighted by Crippen LogP contribution is 2.41. The molecule has 0 saturated carbocycles. The van der Waals surface area contributed by atoms with Crippen LogP contribution in [0, 0.1) is 0 Å². The average Bonchev–Trinajstić information content (AvgIpc) is 2.49. The Hall–Kier alpha value is 0.0900. The van der Waals surface area contributed by atoms with Crippen molar-refractivity contribution >= 4 is 11.8 Å². The molecule has 0 aromatic heterocycles. The van der Waals surface area contributed by atoms with Crippen LogP contribution in [-0.4, -0.2) is 10.5 Å². The van der Waals surface area contributed by atoms with Gasteiger partial charge in [0.1, 0.15) is 0 Å². The fraction of sp³-hybridized carbons (Fsp3) is 0.900. The lowest BCUT2D eigenvalue weighted by atomic mass is 9.94. The molecule has 2 atom stereocenters. The van der Waals surface area contributed by atoms with Gasteiger partial charge in [-0.3, -0.25) is 0 Å². The number of rotatable bonds is 11. The second kappa shape index (κ2) is 10.8. The SMILES string of the molecule is CCCCCCCCCCCCC1=CC2CCCC(C1)S2. The van der Waals surface area contributed by atoms with E-state index in [1.807, 2.05) is 5.57 Å².